The molecule has 2 aromatic carbocycles. The Morgan fingerprint density at radius 2 is 1.75 bits per heavy atom. The largest absolute Gasteiger partial charge is 0.349 e. The third-order valence-corrected chi connectivity index (χ3v) is 6.27. The van der Waals surface area contributed by atoms with E-state index in [0.717, 1.165) is 32.0 Å². The van der Waals surface area contributed by atoms with Crippen LogP contribution in [0.5, 0.6) is 0 Å². The highest BCUT2D eigenvalue weighted by Crippen LogP contribution is 2.19. The van der Waals surface area contributed by atoms with Gasteiger partial charge in [-0.15, -0.1) is 0 Å². The van der Waals surface area contributed by atoms with E-state index in [2.05, 4.69) is 22.0 Å². The molecule has 1 amide bonds. The van der Waals surface area contributed by atoms with Crippen LogP contribution in [0.3, 0.4) is 0 Å². The second-order valence-corrected chi connectivity index (χ2v) is 8.83. The maximum atomic E-state index is 13.4. The van der Waals surface area contributed by atoms with Gasteiger partial charge in [0.05, 0.1) is 4.90 Å². The summed E-state index contributed by atoms with van der Waals surface area (Å²) in [6.07, 6.45) is 1.83. The molecule has 1 fully saturated rings. The fourth-order valence-corrected chi connectivity index (χ4v) is 4.25. The Bertz CT molecular complexity index is 953. The number of hydrogen-bond donors (Lipinski definition) is 2. The molecule has 0 aromatic heterocycles. The highest BCUT2D eigenvalue weighted by Gasteiger charge is 2.19. The number of halogens is 1. The zero-order valence-electron chi connectivity index (χ0n) is 15.9. The van der Waals surface area contributed by atoms with Crippen LogP contribution in [0.1, 0.15) is 28.8 Å². The number of rotatable bonds is 5. The van der Waals surface area contributed by atoms with Gasteiger partial charge >= 0.3 is 0 Å². The minimum absolute atomic E-state index is 0.0181. The lowest BCUT2D eigenvalue weighted by Crippen LogP contribution is -2.43. The Kier molecular flexibility index (Phi) is 6.00. The number of hydrogen-bond acceptors (Lipinski definition) is 4. The predicted molar refractivity (Wildman–Crippen MR) is 106 cm³/mol. The van der Waals surface area contributed by atoms with Gasteiger partial charge in [0.2, 0.25) is 0 Å². The molecule has 1 saturated heterocycles. The summed E-state index contributed by atoms with van der Waals surface area (Å²) in [6, 6.07) is 10.0. The number of anilines is 1. The minimum Gasteiger partial charge on any atom is -0.349 e. The Morgan fingerprint density at radius 1 is 1.11 bits per heavy atom. The molecule has 150 valence electrons. The van der Waals surface area contributed by atoms with Gasteiger partial charge in [-0.25, -0.2) is 12.8 Å². The lowest BCUT2D eigenvalue weighted by Gasteiger charge is -2.29. The van der Waals surface area contributed by atoms with Crippen molar-refractivity contribution in [1.29, 1.82) is 0 Å². The number of piperidine rings is 1. The predicted octanol–water partition coefficient (Wildman–Crippen LogP) is 2.76. The van der Waals surface area contributed by atoms with Gasteiger partial charge in [0.25, 0.3) is 15.9 Å². The number of amides is 1. The molecular formula is C20H24FN3O3S. The first-order valence-electron chi connectivity index (χ1n) is 9.13. The van der Waals surface area contributed by atoms with E-state index in [4.69, 9.17) is 0 Å². The molecule has 2 N–H and O–H groups in total. The van der Waals surface area contributed by atoms with Crippen LogP contribution in [0.15, 0.2) is 47.4 Å². The number of carbonyl (C=O) groups excluding carboxylic acids is 1. The van der Waals surface area contributed by atoms with Crippen molar-refractivity contribution in [1.82, 2.24) is 10.2 Å². The van der Waals surface area contributed by atoms with Crippen LogP contribution in [0.25, 0.3) is 0 Å². The van der Waals surface area contributed by atoms with Crippen molar-refractivity contribution >= 4 is 21.6 Å². The molecule has 0 aliphatic carbocycles. The number of aryl methyl sites for hydroxylation is 1. The SMILES string of the molecule is Cc1cc(S(=O)(=O)Nc2ccc(C(=O)NC3CCN(C)CC3)cc2)ccc1F. The lowest BCUT2D eigenvalue weighted by molar-refractivity contribution is 0.0917. The molecule has 1 heterocycles. The minimum atomic E-state index is -3.84. The van der Waals surface area contributed by atoms with Gasteiger partial charge in [-0.2, -0.15) is 0 Å². The smallest absolute Gasteiger partial charge is 0.261 e. The first-order valence-corrected chi connectivity index (χ1v) is 10.6. The van der Waals surface area contributed by atoms with Crippen molar-refractivity contribution in [2.24, 2.45) is 0 Å². The second-order valence-electron chi connectivity index (χ2n) is 7.14. The Labute approximate surface area is 164 Å². The number of benzene rings is 2. The topological polar surface area (TPSA) is 78.5 Å². The van der Waals surface area contributed by atoms with Crippen LogP contribution in [0, 0.1) is 12.7 Å². The molecule has 0 atom stereocenters. The van der Waals surface area contributed by atoms with Gasteiger partial charge in [0.15, 0.2) is 0 Å². The Balaban J connectivity index is 1.65. The van der Waals surface area contributed by atoms with Crippen molar-refractivity contribution in [3.8, 4) is 0 Å². The van der Waals surface area contributed by atoms with Crippen LogP contribution < -0.4 is 10.0 Å². The average Bonchev–Trinajstić information content (AvgIpc) is 2.66. The van der Waals surface area contributed by atoms with Crippen molar-refractivity contribution < 1.29 is 17.6 Å². The van der Waals surface area contributed by atoms with E-state index in [9.17, 15) is 17.6 Å². The number of nitrogens with one attached hydrogen (secondary N) is 2. The van der Waals surface area contributed by atoms with E-state index in [-0.39, 0.29) is 22.4 Å². The molecule has 0 bridgehead atoms. The first kappa shape index (κ1) is 20.3. The first-order chi connectivity index (χ1) is 13.2. The molecule has 28 heavy (non-hydrogen) atoms. The summed E-state index contributed by atoms with van der Waals surface area (Å²) in [6.45, 7) is 3.41. The van der Waals surface area contributed by atoms with Crippen LogP contribution in [0.4, 0.5) is 10.1 Å². The van der Waals surface area contributed by atoms with Gasteiger partial charge in [0.1, 0.15) is 5.82 Å². The second kappa shape index (κ2) is 8.28. The zero-order valence-corrected chi connectivity index (χ0v) is 16.7. The van der Waals surface area contributed by atoms with Gasteiger partial charge in [-0.1, -0.05) is 0 Å². The van der Waals surface area contributed by atoms with Crippen LogP contribution in [-0.2, 0) is 10.0 Å². The lowest BCUT2D eigenvalue weighted by atomic mass is 10.0. The highest BCUT2D eigenvalue weighted by molar-refractivity contribution is 7.92. The average molecular weight is 405 g/mol. The quantitative estimate of drug-likeness (QED) is 0.802. The fourth-order valence-electron chi connectivity index (χ4n) is 3.11. The normalized spacial score (nSPS) is 16.0. The molecule has 2 aromatic rings. The third kappa shape index (κ3) is 4.88. The van der Waals surface area contributed by atoms with E-state index in [0.29, 0.717) is 11.3 Å². The van der Waals surface area contributed by atoms with Gasteiger partial charge in [-0.3, -0.25) is 9.52 Å². The summed E-state index contributed by atoms with van der Waals surface area (Å²) in [5.41, 5.74) is 1.06. The Morgan fingerprint density at radius 3 is 2.36 bits per heavy atom. The van der Waals surface area contributed by atoms with Crippen molar-refractivity contribution in [3.63, 3.8) is 0 Å². The molecule has 8 heteroatoms. The van der Waals surface area contributed by atoms with E-state index < -0.39 is 15.8 Å². The van der Waals surface area contributed by atoms with Gasteiger partial charge in [0, 0.05) is 17.3 Å². The fraction of sp³-hybridized carbons (Fsp3) is 0.350. The maximum Gasteiger partial charge on any atom is 0.261 e. The number of likely N-dealkylation sites (tertiary alicyclic amines) is 1. The van der Waals surface area contributed by atoms with Crippen LogP contribution >= 0.6 is 0 Å². The summed E-state index contributed by atoms with van der Waals surface area (Å²) in [5.74, 6) is -0.628. The molecule has 1 aliphatic rings. The molecule has 0 radical (unpaired) electrons. The molecule has 6 nitrogen and oxygen atoms in total. The van der Waals surface area contributed by atoms with E-state index in [1.807, 2.05) is 0 Å². The molecule has 0 spiro atoms. The van der Waals surface area contributed by atoms with Crippen LogP contribution in [0.2, 0.25) is 0 Å². The summed E-state index contributed by atoms with van der Waals surface area (Å²) in [4.78, 5) is 14.6. The number of sulfonamides is 1. The van der Waals surface area contributed by atoms with Crippen molar-refractivity contribution in [3.05, 3.63) is 59.4 Å². The summed E-state index contributed by atoms with van der Waals surface area (Å²) in [7, 11) is -1.77. The van der Waals surface area contributed by atoms with E-state index >= 15 is 0 Å². The molecule has 0 saturated carbocycles. The Hall–Kier alpha value is -2.45. The van der Waals surface area contributed by atoms with Crippen molar-refractivity contribution in [2.75, 3.05) is 24.9 Å². The molecule has 1 aliphatic heterocycles. The van der Waals surface area contributed by atoms with Gasteiger partial charge < -0.3 is 10.2 Å². The number of carbonyl (C=O) groups is 1. The van der Waals surface area contributed by atoms with Crippen molar-refractivity contribution in [2.45, 2.75) is 30.7 Å². The van der Waals surface area contributed by atoms with Crippen LogP contribution in [-0.4, -0.2) is 45.4 Å². The molecular weight excluding hydrogens is 381 g/mol. The monoisotopic (exact) mass is 405 g/mol. The molecule has 0 unspecified atom stereocenters. The summed E-state index contributed by atoms with van der Waals surface area (Å²) < 4.78 is 40.7. The standard InChI is InChI=1S/C20H24FN3O3S/c1-14-13-18(7-8-19(14)21)28(26,27)23-17-5-3-15(4-6-17)20(25)22-16-9-11-24(2)12-10-16/h3-8,13,16,23H,9-12H2,1-2H3,(H,22,25). The highest BCUT2D eigenvalue weighted by atomic mass is 32.2. The van der Waals surface area contributed by atoms with E-state index in [1.165, 1.54) is 31.2 Å². The maximum absolute atomic E-state index is 13.4. The van der Waals surface area contributed by atoms with E-state index in [1.54, 1.807) is 12.1 Å². The van der Waals surface area contributed by atoms with Gasteiger partial charge in [-0.05, 0) is 87.9 Å². The molecule has 3 rings (SSSR count). The summed E-state index contributed by atoms with van der Waals surface area (Å²) in [5, 5.41) is 3.02. The number of nitrogens with zero attached hydrogens (tertiary/aromatic N) is 1. The zero-order chi connectivity index (χ0) is 20.3. The third-order valence-electron chi connectivity index (χ3n) is 4.89. The summed E-state index contributed by atoms with van der Waals surface area (Å²) >= 11 is 0.